The van der Waals surface area contributed by atoms with E-state index in [1.807, 2.05) is 61.4 Å². The Morgan fingerprint density at radius 3 is 2.25 bits per heavy atom. The van der Waals surface area contributed by atoms with Gasteiger partial charge in [-0.2, -0.15) is 0 Å². The molecule has 3 N–H and O–H groups in total. The van der Waals surface area contributed by atoms with Crippen LogP contribution in [0.2, 0.25) is 0 Å². The van der Waals surface area contributed by atoms with E-state index in [9.17, 15) is 39.3 Å². The van der Waals surface area contributed by atoms with Crippen molar-refractivity contribution in [3.05, 3.63) is 65.8 Å². The normalized spacial score (nSPS) is 41.7. The fourth-order valence-corrected chi connectivity index (χ4v) is 12.6. The number of ketones is 3. The second-order valence-corrected chi connectivity index (χ2v) is 21.9. The SMILES string of the molecule is CO[C@H]1C[C@@H]2CCC(C)C(O)(O2)C(=O)C(=O)N2CCCC3C2C(=O)O[C@@H](CC(=O)[C@H](C)/C=C(\C)C(O)[C@@H](OC)C(=O)C(C)C[C@H](C)C2C=CC(/C=C/1C)ON2c1ccccc1)[C@H]3C[C@@H]1CCC(O)[C@H](OC)C1. The largest absolute Gasteiger partial charge is 0.460 e. The zero-order chi connectivity index (χ0) is 52.2. The summed E-state index contributed by atoms with van der Waals surface area (Å²) in [7, 11) is 4.53. The minimum Gasteiger partial charge on any atom is -0.460 e. The highest BCUT2D eigenvalue weighted by Crippen LogP contribution is 2.45. The Kier molecular flexibility index (Phi) is 18.6. The maximum Gasteiger partial charge on any atom is 0.329 e. The van der Waals surface area contributed by atoms with Gasteiger partial charge in [0.25, 0.3) is 11.7 Å². The number of aliphatic hydroxyl groups excluding tert-OH is 2. The van der Waals surface area contributed by atoms with Gasteiger partial charge >= 0.3 is 5.97 Å². The third kappa shape index (κ3) is 12.0. The Labute approximate surface area is 425 Å². The van der Waals surface area contributed by atoms with Crippen LogP contribution in [0.15, 0.2) is 65.8 Å². The molecule has 1 amide bonds. The van der Waals surface area contributed by atoms with E-state index in [-0.39, 0.29) is 48.8 Å². The minimum atomic E-state index is -2.48. The zero-order valence-corrected chi connectivity index (χ0v) is 43.7. The molecular formula is C56H80N2O14. The first kappa shape index (κ1) is 55.6. The number of piperidine rings is 1. The molecule has 72 heavy (non-hydrogen) atoms. The van der Waals surface area contributed by atoms with Crippen LogP contribution in [0.1, 0.15) is 112 Å². The molecule has 0 spiro atoms. The summed E-state index contributed by atoms with van der Waals surface area (Å²) in [4.78, 5) is 80.0. The molecule has 1 aliphatic carbocycles. The minimum absolute atomic E-state index is 0.0402. The van der Waals surface area contributed by atoms with Crippen LogP contribution in [0, 0.1) is 41.4 Å². The molecule has 8 bridgehead atoms. The number of hydrogen-bond donors (Lipinski definition) is 3. The fourth-order valence-electron chi connectivity index (χ4n) is 12.6. The van der Waals surface area contributed by atoms with Crippen LogP contribution < -0.4 is 5.06 Å². The van der Waals surface area contributed by atoms with Crippen molar-refractivity contribution in [1.29, 1.82) is 0 Å². The van der Waals surface area contributed by atoms with Gasteiger partial charge in [0, 0.05) is 64.4 Å². The summed E-state index contributed by atoms with van der Waals surface area (Å²) in [6, 6.07) is 8.26. The highest BCUT2D eigenvalue weighted by molar-refractivity contribution is 6.39. The van der Waals surface area contributed by atoms with Gasteiger partial charge in [0.05, 0.1) is 36.1 Å². The number of benzene rings is 1. The van der Waals surface area contributed by atoms with Gasteiger partial charge in [0.1, 0.15) is 36.2 Å². The van der Waals surface area contributed by atoms with Crippen LogP contribution in [-0.2, 0) is 52.5 Å². The number of hydrogen-bond acceptors (Lipinski definition) is 15. The number of carbonyl (C=O) groups is 5. The van der Waals surface area contributed by atoms with Crippen LogP contribution in [0.3, 0.4) is 0 Å². The number of anilines is 1. The first-order valence-corrected chi connectivity index (χ1v) is 26.3. The maximum atomic E-state index is 14.6. The van der Waals surface area contributed by atoms with Crippen molar-refractivity contribution in [1.82, 2.24) is 4.90 Å². The van der Waals surface area contributed by atoms with E-state index in [2.05, 4.69) is 13.0 Å². The predicted octanol–water partition coefficient (Wildman–Crippen LogP) is 6.03. The highest BCUT2D eigenvalue weighted by Gasteiger charge is 2.57. The molecule has 8 heterocycles. The summed E-state index contributed by atoms with van der Waals surface area (Å²) < 4.78 is 29.9. The number of aliphatic hydroxyl groups is 3. The van der Waals surface area contributed by atoms with Crippen LogP contribution in [0.5, 0.6) is 0 Å². The quantitative estimate of drug-likeness (QED) is 0.169. The van der Waals surface area contributed by atoms with Crippen molar-refractivity contribution >= 4 is 34.9 Å². The lowest BCUT2D eigenvalue weighted by Gasteiger charge is -2.50. The number of para-hydroxylation sites is 1. The summed E-state index contributed by atoms with van der Waals surface area (Å²) in [5.41, 5.74) is 2.01. The number of allylic oxidation sites excluding steroid dienone is 1. The predicted molar refractivity (Wildman–Crippen MR) is 267 cm³/mol. The van der Waals surface area contributed by atoms with Crippen molar-refractivity contribution in [3.63, 3.8) is 0 Å². The Bertz CT molecular complexity index is 2180. The first-order chi connectivity index (χ1) is 34.3. The molecule has 9 aliphatic rings. The van der Waals surface area contributed by atoms with Crippen molar-refractivity contribution in [2.75, 3.05) is 32.9 Å². The van der Waals surface area contributed by atoms with Crippen molar-refractivity contribution < 1.29 is 67.8 Å². The van der Waals surface area contributed by atoms with Gasteiger partial charge < -0.3 is 43.9 Å². The molecule has 16 heteroatoms. The number of methoxy groups -OCH3 is 3. The van der Waals surface area contributed by atoms with Gasteiger partial charge in [-0.1, -0.05) is 64.1 Å². The molecule has 4 fully saturated rings. The molecule has 1 aromatic rings. The number of amides is 1. The molecule has 10 rings (SSSR count). The molecule has 1 saturated carbocycles. The summed E-state index contributed by atoms with van der Waals surface area (Å²) in [5, 5.41) is 36.5. The van der Waals surface area contributed by atoms with E-state index >= 15 is 0 Å². The van der Waals surface area contributed by atoms with Crippen LogP contribution in [0.25, 0.3) is 0 Å². The summed E-state index contributed by atoms with van der Waals surface area (Å²) in [6.07, 6.45) is 6.11. The summed E-state index contributed by atoms with van der Waals surface area (Å²) in [6.45, 7) is 10.9. The maximum absolute atomic E-state index is 14.6. The van der Waals surface area contributed by atoms with E-state index in [0.717, 1.165) is 11.3 Å². The lowest BCUT2D eigenvalue weighted by molar-refractivity contribution is -0.266. The molecule has 16 nitrogen and oxygen atoms in total. The number of Topliss-reactive ketones (excluding diaryl/α,β-unsaturated/α-hetero) is 3. The van der Waals surface area contributed by atoms with Gasteiger partial charge in [0.15, 0.2) is 5.78 Å². The Hall–Kier alpha value is -4.13. The van der Waals surface area contributed by atoms with Crippen molar-refractivity contribution in [2.45, 2.75) is 179 Å². The third-order valence-corrected chi connectivity index (χ3v) is 16.9. The first-order valence-electron chi connectivity index (χ1n) is 26.3. The van der Waals surface area contributed by atoms with Crippen molar-refractivity contribution in [3.8, 4) is 0 Å². The van der Waals surface area contributed by atoms with Gasteiger partial charge in [-0.15, -0.1) is 0 Å². The van der Waals surface area contributed by atoms with Gasteiger partial charge in [-0.25, -0.2) is 9.86 Å². The molecular weight excluding hydrogens is 925 g/mol. The molecule has 9 unspecified atom stereocenters. The van der Waals surface area contributed by atoms with E-state index in [1.165, 1.54) is 12.0 Å². The monoisotopic (exact) mass is 1000 g/mol. The lowest BCUT2D eigenvalue weighted by Crippen LogP contribution is -2.65. The molecule has 0 aromatic heterocycles. The van der Waals surface area contributed by atoms with Crippen molar-refractivity contribution in [2.24, 2.45) is 41.4 Å². The van der Waals surface area contributed by atoms with Gasteiger partial charge in [-0.3, -0.25) is 24.0 Å². The Balaban J connectivity index is 1.24. The van der Waals surface area contributed by atoms with Gasteiger partial charge in [-0.05, 0) is 119 Å². The summed E-state index contributed by atoms with van der Waals surface area (Å²) >= 11 is 0. The second kappa shape index (κ2) is 24.0. The Morgan fingerprint density at radius 1 is 0.819 bits per heavy atom. The molecule has 18 atom stereocenters. The smallest absolute Gasteiger partial charge is 0.329 e. The standard InChI is InChI=1S/C56H80N2O14/c1-31-24-34(4)50(61)52(69-9)51(62)35(5)25-32(2)45(60)30-47-42(27-37-18-22-44(59)48(28-37)68-8)41-16-13-23-57(49(41)55(65)70-47)54(64)53(63)56(66)36(6)17-19-39(71-56)29-46(67-7)33(3)26-40-20-21-43(31)58(72-40)38-14-11-10-12-15-38/h10-12,14-15,20-21,25-26,31-32,34,36-37,39-44,46-49,51-52,59,62,66H,13,16-19,22-24,27-30H2,1-9H3/b33-26+,35-25+/t31-,32+,34?,36?,37-,39-,40?,41?,42-,43?,44?,46-,47-,48+,49?,51?,52-,56?/m0/s1. The van der Waals surface area contributed by atoms with E-state index < -0.39 is 108 Å². The number of esters is 1. The average Bonchev–Trinajstić information content (AvgIpc) is 3.37. The van der Waals surface area contributed by atoms with E-state index in [1.54, 1.807) is 41.1 Å². The lowest BCUT2D eigenvalue weighted by atomic mass is 9.68. The highest BCUT2D eigenvalue weighted by atomic mass is 16.7. The molecule has 0 radical (unpaired) electrons. The topological polar surface area (TPSA) is 208 Å². The number of rotatable bonds is 6. The fraction of sp³-hybridized carbons (Fsp3) is 0.696. The van der Waals surface area contributed by atoms with E-state index in [0.29, 0.717) is 63.4 Å². The number of carbonyl (C=O) groups excluding carboxylic acids is 5. The number of nitrogens with zero attached hydrogens (tertiary/aromatic N) is 2. The van der Waals surface area contributed by atoms with Crippen LogP contribution in [-0.4, -0.2) is 144 Å². The van der Waals surface area contributed by atoms with Gasteiger partial charge in [0.2, 0.25) is 5.79 Å². The van der Waals surface area contributed by atoms with Crippen LogP contribution >= 0.6 is 0 Å². The number of ether oxygens (including phenoxy) is 5. The molecule has 398 valence electrons. The molecule has 3 saturated heterocycles. The average molecular weight is 1010 g/mol. The summed E-state index contributed by atoms with van der Waals surface area (Å²) in [5.74, 6) is -8.91. The molecule has 8 aliphatic heterocycles. The third-order valence-electron chi connectivity index (χ3n) is 16.9. The Morgan fingerprint density at radius 2 is 1.56 bits per heavy atom. The molecule has 1 aromatic carbocycles. The zero-order valence-electron chi connectivity index (χ0n) is 43.7. The second-order valence-electron chi connectivity index (χ2n) is 21.9. The van der Waals surface area contributed by atoms with E-state index in [4.69, 9.17) is 28.5 Å². The number of hydroxylamine groups is 1. The van der Waals surface area contributed by atoms with Crippen LogP contribution in [0.4, 0.5) is 5.69 Å².